The molecule has 10 heteroatoms. The third-order valence-electron chi connectivity index (χ3n) is 7.28. The lowest BCUT2D eigenvalue weighted by Crippen LogP contribution is -2.40. The van der Waals surface area contributed by atoms with Crippen LogP contribution in [0.1, 0.15) is 55.2 Å². The van der Waals surface area contributed by atoms with Crippen LogP contribution in [0.3, 0.4) is 0 Å². The van der Waals surface area contributed by atoms with Crippen molar-refractivity contribution in [1.29, 1.82) is 0 Å². The summed E-state index contributed by atoms with van der Waals surface area (Å²) < 4.78 is 21.0. The zero-order chi connectivity index (χ0) is 30.0. The van der Waals surface area contributed by atoms with Crippen LogP contribution in [0.4, 0.5) is 0 Å². The average Bonchev–Trinajstić information content (AvgIpc) is 3.46. The van der Waals surface area contributed by atoms with Crippen molar-refractivity contribution >= 4 is 23.4 Å². The van der Waals surface area contributed by atoms with Crippen molar-refractivity contribution < 1.29 is 19.0 Å². The smallest absolute Gasteiger partial charge is 0.338 e. The van der Waals surface area contributed by atoms with Crippen molar-refractivity contribution in [3.8, 4) is 17.2 Å². The molecule has 0 aliphatic carbocycles. The maximum Gasteiger partial charge on any atom is 0.338 e. The molecule has 1 aliphatic rings. The topological polar surface area (TPSA) is 96.9 Å². The molecule has 4 aromatic rings. The van der Waals surface area contributed by atoms with E-state index in [1.165, 1.54) is 11.3 Å². The molecule has 218 valence electrons. The van der Waals surface area contributed by atoms with Gasteiger partial charge in [-0.05, 0) is 75.2 Å². The molecule has 42 heavy (non-hydrogen) atoms. The monoisotopic (exact) mass is 586 g/mol. The number of ether oxygens (including phenoxy) is 3. The Morgan fingerprint density at radius 1 is 1.12 bits per heavy atom. The molecule has 0 radical (unpaired) electrons. The van der Waals surface area contributed by atoms with Gasteiger partial charge in [0.2, 0.25) is 0 Å². The van der Waals surface area contributed by atoms with Crippen LogP contribution < -0.4 is 24.4 Å². The van der Waals surface area contributed by atoms with Gasteiger partial charge in [-0.1, -0.05) is 24.7 Å². The zero-order valence-electron chi connectivity index (χ0n) is 24.6. The van der Waals surface area contributed by atoms with E-state index < -0.39 is 12.0 Å². The molecule has 0 unspecified atom stereocenters. The number of thiazole rings is 1. The number of carbonyl (C=O) groups excluding carboxylic acids is 1. The number of aryl methyl sites for hydroxylation is 1. The van der Waals surface area contributed by atoms with E-state index in [1.54, 1.807) is 50.1 Å². The molecule has 0 saturated heterocycles. The number of allylic oxidation sites excluding steroid dienone is 1. The molecule has 3 aromatic heterocycles. The molecule has 0 amide bonds. The molecule has 9 nitrogen and oxygen atoms in total. The van der Waals surface area contributed by atoms with E-state index >= 15 is 0 Å². The Balaban J connectivity index is 1.78. The molecule has 0 fully saturated rings. The molecule has 4 heterocycles. The summed E-state index contributed by atoms with van der Waals surface area (Å²) in [4.78, 5) is 37.4. The molecule has 0 spiro atoms. The summed E-state index contributed by atoms with van der Waals surface area (Å²) >= 11 is 1.30. The van der Waals surface area contributed by atoms with E-state index in [0.29, 0.717) is 44.1 Å². The standard InChI is InChI=1S/C32H34N4O5S/c1-7-10-25-28(31(38)41-8-2)29(24-17-23(39-5)12-13-26(24)40-6)36-30(37)27(42-32(36)34-25)16-21-15-19(3)35(20(21)4)22-11-9-14-33-18-22/h9,11-18,29H,7-8,10H2,1-6H3/b27-16+/t29-/m0/s1. The Bertz CT molecular complexity index is 1850. The van der Waals surface area contributed by atoms with Crippen molar-refractivity contribution in [2.75, 3.05) is 20.8 Å². The lowest BCUT2D eigenvalue weighted by atomic mass is 9.93. The van der Waals surface area contributed by atoms with Gasteiger partial charge in [0.1, 0.15) is 17.5 Å². The highest BCUT2D eigenvalue weighted by atomic mass is 32.1. The van der Waals surface area contributed by atoms with Gasteiger partial charge in [-0.25, -0.2) is 9.79 Å². The second kappa shape index (κ2) is 12.2. The molecular formula is C32H34N4O5S. The zero-order valence-corrected chi connectivity index (χ0v) is 25.4. The molecule has 5 rings (SSSR count). The Kier molecular flexibility index (Phi) is 8.44. The van der Waals surface area contributed by atoms with Crippen LogP contribution >= 0.6 is 11.3 Å². The highest BCUT2D eigenvalue weighted by Crippen LogP contribution is 2.38. The van der Waals surface area contributed by atoms with Crippen molar-refractivity contribution in [1.82, 2.24) is 14.1 Å². The first kappa shape index (κ1) is 29.1. The van der Waals surface area contributed by atoms with E-state index in [0.717, 1.165) is 29.1 Å². The molecule has 0 N–H and O–H groups in total. The highest BCUT2D eigenvalue weighted by molar-refractivity contribution is 7.07. The van der Waals surface area contributed by atoms with Crippen molar-refractivity contribution in [2.24, 2.45) is 4.99 Å². The predicted octanol–water partition coefficient (Wildman–Crippen LogP) is 4.40. The van der Waals surface area contributed by atoms with Gasteiger partial charge in [0.05, 0.1) is 48.5 Å². The Hall–Kier alpha value is -4.44. The quantitative estimate of drug-likeness (QED) is 0.270. The maximum atomic E-state index is 14.2. The summed E-state index contributed by atoms with van der Waals surface area (Å²) in [5.41, 5.74) is 5.16. The van der Waals surface area contributed by atoms with E-state index in [2.05, 4.69) is 15.6 Å². The van der Waals surface area contributed by atoms with Crippen molar-refractivity contribution in [3.63, 3.8) is 0 Å². The summed E-state index contributed by atoms with van der Waals surface area (Å²) in [5.74, 6) is 0.594. The predicted molar refractivity (Wildman–Crippen MR) is 162 cm³/mol. The fourth-order valence-corrected chi connectivity index (χ4v) is 6.44. The fraction of sp³-hybridized carbons (Fsp3) is 0.312. The van der Waals surface area contributed by atoms with E-state index in [4.69, 9.17) is 19.2 Å². The van der Waals surface area contributed by atoms with Crippen LogP contribution in [-0.4, -0.2) is 40.9 Å². The molecule has 0 bridgehead atoms. The third kappa shape index (κ3) is 5.18. The van der Waals surface area contributed by atoms with Gasteiger partial charge in [0.15, 0.2) is 4.80 Å². The first-order valence-corrected chi connectivity index (χ1v) is 14.7. The van der Waals surface area contributed by atoms with Crippen LogP contribution in [0.25, 0.3) is 11.8 Å². The van der Waals surface area contributed by atoms with Gasteiger partial charge in [0, 0.05) is 23.1 Å². The minimum absolute atomic E-state index is 0.195. The Morgan fingerprint density at radius 2 is 1.93 bits per heavy atom. The summed E-state index contributed by atoms with van der Waals surface area (Å²) in [5, 5.41) is 0. The van der Waals surface area contributed by atoms with Crippen LogP contribution in [0.2, 0.25) is 0 Å². The van der Waals surface area contributed by atoms with Crippen LogP contribution in [0, 0.1) is 13.8 Å². The summed E-state index contributed by atoms with van der Waals surface area (Å²) in [6.45, 7) is 8.03. The first-order valence-electron chi connectivity index (χ1n) is 13.9. The fourth-order valence-electron chi connectivity index (χ4n) is 5.43. The molecule has 1 aliphatic heterocycles. The number of hydrogen-bond donors (Lipinski definition) is 0. The summed E-state index contributed by atoms with van der Waals surface area (Å²) in [6, 6.07) is 10.5. The molecule has 0 saturated carbocycles. The molecule has 1 aromatic carbocycles. The Morgan fingerprint density at radius 3 is 2.60 bits per heavy atom. The lowest BCUT2D eigenvalue weighted by Gasteiger charge is -2.27. The second-order valence-electron chi connectivity index (χ2n) is 9.89. The van der Waals surface area contributed by atoms with Crippen LogP contribution in [0.5, 0.6) is 11.5 Å². The van der Waals surface area contributed by atoms with Gasteiger partial charge in [-0.15, -0.1) is 0 Å². The van der Waals surface area contributed by atoms with Crippen molar-refractivity contribution in [2.45, 2.75) is 46.6 Å². The van der Waals surface area contributed by atoms with Gasteiger partial charge in [-0.3, -0.25) is 14.3 Å². The number of nitrogens with zero attached hydrogens (tertiary/aromatic N) is 4. The number of benzene rings is 1. The maximum absolute atomic E-state index is 14.2. The van der Waals surface area contributed by atoms with Gasteiger partial charge < -0.3 is 18.8 Å². The average molecular weight is 587 g/mol. The highest BCUT2D eigenvalue weighted by Gasteiger charge is 2.36. The number of esters is 1. The van der Waals surface area contributed by atoms with Crippen molar-refractivity contribution in [3.05, 3.63) is 102 Å². The SMILES string of the molecule is CCCC1=C(C(=O)OCC)[C@H](c2cc(OC)ccc2OC)n2c(s/c(=C/c3cc(C)n(-c4cccnc4)c3C)c2=O)=N1. The van der Waals surface area contributed by atoms with E-state index in [1.807, 2.05) is 45.2 Å². The number of methoxy groups -OCH3 is 2. The minimum Gasteiger partial charge on any atom is -0.497 e. The number of fused-ring (bicyclic) bond motifs is 1. The summed E-state index contributed by atoms with van der Waals surface area (Å²) in [7, 11) is 3.14. The van der Waals surface area contributed by atoms with Gasteiger partial charge in [-0.2, -0.15) is 0 Å². The van der Waals surface area contributed by atoms with Crippen LogP contribution in [0.15, 0.2) is 69.8 Å². The number of hydrogen-bond acceptors (Lipinski definition) is 8. The third-order valence-corrected chi connectivity index (χ3v) is 8.27. The minimum atomic E-state index is -0.808. The van der Waals surface area contributed by atoms with E-state index in [-0.39, 0.29) is 12.2 Å². The van der Waals surface area contributed by atoms with Crippen LogP contribution in [-0.2, 0) is 9.53 Å². The second-order valence-corrected chi connectivity index (χ2v) is 10.9. The van der Waals surface area contributed by atoms with Gasteiger partial charge >= 0.3 is 5.97 Å². The number of aromatic nitrogens is 3. The normalized spacial score (nSPS) is 14.9. The number of pyridine rings is 1. The molecular weight excluding hydrogens is 552 g/mol. The largest absolute Gasteiger partial charge is 0.497 e. The number of rotatable bonds is 9. The van der Waals surface area contributed by atoms with Gasteiger partial charge in [0.25, 0.3) is 5.56 Å². The molecule has 1 atom stereocenters. The number of carbonyl (C=O) groups is 1. The first-order chi connectivity index (χ1) is 20.3. The summed E-state index contributed by atoms with van der Waals surface area (Å²) in [6.07, 6.45) is 6.76. The Labute approximate surface area is 248 Å². The van der Waals surface area contributed by atoms with E-state index in [9.17, 15) is 9.59 Å². The lowest BCUT2D eigenvalue weighted by molar-refractivity contribution is -0.139.